The zero-order chi connectivity index (χ0) is 14.1. The van der Waals surface area contributed by atoms with E-state index in [0.29, 0.717) is 24.2 Å². The minimum absolute atomic E-state index is 0.210. The molecule has 0 fully saturated rings. The molecule has 0 bridgehead atoms. The molecule has 4 nitrogen and oxygen atoms in total. The minimum atomic E-state index is -0.274. The lowest BCUT2D eigenvalue weighted by Gasteiger charge is -2.09. The van der Waals surface area contributed by atoms with Crippen LogP contribution in [0.1, 0.15) is 17.5 Å². The van der Waals surface area contributed by atoms with Crippen LogP contribution in [-0.2, 0) is 20.7 Å². The second-order valence-electron chi connectivity index (χ2n) is 3.89. The van der Waals surface area contributed by atoms with Gasteiger partial charge in [0.1, 0.15) is 6.29 Å². The number of ether oxygens (including phenoxy) is 1. The van der Waals surface area contributed by atoms with Gasteiger partial charge in [0.05, 0.1) is 30.4 Å². The number of carbonyl (C=O) groups excluding carboxylic acids is 2. The Labute approximate surface area is 116 Å². The summed E-state index contributed by atoms with van der Waals surface area (Å²) in [5.74, 6) is 0.275. The van der Waals surface area contributed by atoms with Crippen LogP contribution in [0.3, 0.4) is 0 Å². The van der Waals surface area contributed by atoms with E-state index >= 15 is 0 Å². The fraction of sp³-hybridized carbons (Fsp3) is 0.357. The van der Waals surface area contributed by atoms with Gasteiger partial charge in [0.15, 0.2) is 0 Å². The van der Waals surface area contributed by atoms with E-state index in [4.69, 9.17) is 5.26 Å². The number of hydrogen-bond acceptors (Lipinski definition) is 5. The number of nitrogens with zero attached hydrogens (tertiary/aromatic N) is 1. The fourth-order valence-electron chi connectivity index (χ4n) is 1.54. The van der Waals surface area contributed by atoms with E-state index in [-0.39, 0.29) is 11.2 Å². The molecule has 0 aliphatic heterocycles. The van der Waals surface area contributed by atoms with Crippen molar-refractivity contribution in [1.29, 1.82) is 5.26 Å². The first kappa shape index (κ1) is 15.3. The molecule has 0 aliphatic carbocycles. The Bertz CT molecular complexity index is 482. The molecule has 0 heterocycles. The molecule has 1 aromatic rings. The first-order valence-electron chi connectivity index (χ1n) is 5.82. The van der Waals surface area contributed by atoms with Gasteiger partial charge in [0.25, 0.3) is 0 Å². The summed E-state index contributed by atoms with van der Waals surface area (Å²) >= 11 is 1.42. The van der Waals surface area contributed by atoms with Gasteiger partial charge in [-0.1, -0.05) is 12.1 Å². The average Bonchev–Trinajstić information content (AvgIpc) is 2.46. The van der Waals surface area contributed by atoms with E-state index in [0.717, 1.165) is 11.8 Å². The molecule has 100 valence electrons. The maximum atomic E-state index is 11.0. The van der Waals surface area contributed by atoms with Crippen molar-refractivity contribution in [2.45, 2.75) is 18.1 Å². The van der Waals surface area contributed by atoms with Crippen LogP contribution in [0.15, 0.2) is 24.3 Å². The molecule has 0 spiro atoms. The van der Waals surface area contributed by atoms with Gasteiger partial charge in [0.2, 0.25) is 0 Å². The Balaban J connectivity index is 2.50. The molecule has 1 unspecified atom stereocenters. The van der Waals surface area contributed by atoms with E-state index in [1.807, 2.05) is 6.07 Å². The molecule has 0 amide bonds. The van der Waals surface area contributed by atoms with Gasteiger partial charge >= 0.3 is 5.97 Å². The number of rotatable bonds is 7. The van der Waals surface area contributed by atoms with Crippen molar-refractivity contribution >= 4 is 24.0 Å². The van der Waals surface area contributed by atoms with Crippen molar-refractivity contribution in [3.05, 3.63) is 35.4 Å². The van der Waals surface area contributed by atoms with Gasteiger partial charge in [-0.05, 0) is 24.1 Å². The quantitative estimate of drug-likeness (QED) is 0.563. The zero-order valence-corrected chi connectivity index (χ0v) is 11.5. The molecule has 0 N–H and O–H groups in total. The van der Waals surface area contributed by atoms with Crippen LogP contribution in [0, 0.1) is 11.3 Å². The Morgan fingerprint density at radius 2 is 2.37 bits per heavy atom. The highest BCUT2D eigenvalue weighted by Gasteiger charge is 2.11. The maximum absolute atomic E-state index is 11.0. The maximum Gasteiger partial charge on any atom is 0.306 e. The second-order valence-corrected chi connectivity index (χ2v) is 5.23. The summed E-state index contributed by atoms with van der Waals surface area (Å²) in [5, 5.41) is 8.60. The molecular formula is C14H15NO3S. The van der Waals surface area contributed by atoms with Crippen molar-refractivity contribution in [3.63, 3.8) is 0 Å². The third kappa shape index (κ3) is 5.58. The Morgan fingerprint density at radius 1 is 1.58 bits per heavy atom. The van der Waals surface area contributed by atoms with Crippen molar-refractivity contribution in [2.75, 3.05) is 12.9 Å². The second kappa shape index (κ2) is 8.33. The topological polar surface area (TPSA) is 67.2 Å². The highest BCUT2D eigenvalue weighted by atomic mass is 32.2. The number of esters is 1. The van der Waals surface area contributed by atoms with Crippen LogP contribution < -0.4 is 0 Å². The van der Waals surface area contributed by atoms with Crippen LogP contribution in [-0.4, -0.2) is 30.4 Å². The van der Waals surface area contributed by atoms with Gasteiger partial charge in [0, 0.05) is 5.75 Å². The molecule has 0 aromatic heterocycles. The number of methoxy groups -OCH3 is 1. The Kier molecular flexibility index (Phi) is 6.69. The highest BCUT2D eigenvalue weighted by molar-refractivity contribution is 8.00. The predicted octanol–water partition coefficient (Wildman–Crippen LogP) is 1.96. The molecular weight excluding hydrogens is 262 g/mol. The van der Waals surface area contributed by atoms with Crippen LogP contribution >= 0.6 is 11.8 Å². The predicted molar refractivity (Wildman–Crippen MR) is 73.8 cm³/mol. The van der Waals surface area contributed by atoms with Gasteiger partial charge in [-0.25, -0.2) is 0 Å². The summed E-state index contributed by atoms with van der Waals surface area (Å²) < 4.78 is 4.54. The molecule has 0 saturated carbocycles. The third-order valence-corrected chi connectivity index (χ3v) is 3.66. The number of benzene rings is 1. The summed E-state index contributed by atoms with van der Waals surface area (Å²) in [6, 6.07) is 9.26. The summed E-state index contributed by atoms with van der Waals surface area (Å²) in [4.78, 5) is 22.0. The molecule has 19 heavy (non-hydrogen) atoms. The van der Waals surface area contributed by atoms with Gasteiger partial charge in [-0.3, -0.25) is 4.79 Å². The van der Waals surface area contributed by atoms with E-state index < -0.39 is 0 Å². The number of thioether (sulfide) groups is 1. The van der Waals surface area contributed by atoms with E-state index in [2.05, 4.69) is 10.8 Å². The lowest BCUT2D eigenvalue weighted by atomic mass is 10.1. The smallest absolute Gasteiger partial charge is 0.306 e. The molecule has 1 aromatic carbocycles. The summed E-state index contributed by atoms with van der Waals surface area (Å²) in [6.07, 6.45) is 1.73. The van der Waals surface area contributed by atoms with E-state index in [1.165, 1.54) is 18.9 Å². The molecule has 0 saturated heterocycles. The zero-order valence-electron chi connectivity index (χ0n) is 10.7. The van der Waals surface area contributed by atoms with E-state index in [1.54, 1.807) is 18.2 Å². The lowest BCUT2D eigenvalue weighted by molar-refractivity contribution is -0.140. The van der Waals surface area contributed by atoms with Crippen LogP contribution in [0.2, 0.25) is 0 Å². The number of aldehydes is 1. The van der Waals surface area contributed by atoms with Gasteiger partial charge < -0.3 is 9.53 Å². The first-order valence-corrected chi connectivity index (χ1v) is 6.87. The SMILES string of the molecule is COC(=O)CCSC(C=O)Cc1cccc(C#N)c1. The van der Waals surface area contributed by atoms with Crippen LogP contribution in [0.4, 0.5) is 0 Å². The Morgan fingerprint density at radius 3 is 3.00 bits per heavy atom. The molecule has 1 rings (SSSR count). The molecule has 5 heteroatoms. The Hall–Kier alpha value is -1.80. The normalized spacial score (nSPS) is 11.4. The third-order valence-electron chi connectivity index (χ3n) is 2.51. The monoisotopic (exact) mass is 277 g/mol. The summed E-state index contributed by atoms with van der Waals surface area (Å²) in [6.45, 7) is 0. The van der Waals surface area contributed by atoms with Crippen LogP contribution in [0.25, 0.3) is 0 Å². The highest BCUT2D eigenvalue weighted by Crippen LogP contribution is 2.17. The largest absolute Gasteiger partial charge is 0.469 e. The van der Waals surface area contributed by atoms with Gasteiger partial charge in [-0.15, -0.1) is 0 Å². The van der Waals surface area contributed by atoms with Crippen molar-refractivity contribution < 1.29 is 14.3 Å². The van der Waals surface area contributed by atoms with Crippen molar-refractivity contribution in [2.24, 2.45) is 0 Å². The van der Waals surface area contributed by atoms with Gasteiger partial charge in [-0.2, -0.15) is 17.0 Å². The average molecular weight is 277 g/mol. The first-order chi connectivity index (χ1) is 9.19. The number of nitriles is 1. The molecule has 0 radical (unpaired) electrons. The van der Waals surface area contributed by atoms with Crippen LogP contribution in [0.5, 0.6) is 0 Å². The number of hydrogen-bond donors (Lipinski definition) is 0. The summed E-state index contributed by atoms with van der Waals surface area (Å²) in [7, 11) is 1.34. The molecule has 0 aliphatic rings. The number of carbonyl (C=O) groups is 2. The van der Waals surface area contributed by atoms with E-state index in [9.17, 15) is 9.59 Å². The molecule has 1 atom stereocenters. The minimum Gasteiger partial charge on any atom is -0.469 e. The van der Waals surface area contributed by atoms with Crippen molar-refractivity contribution in [3.8, 4) is 6.07 Å². The lowest BCUT2D eigenvalue weighted by Crippen LogP contribution is -2.11. The fourth-order valence-corrected chi connectivity index (χ4v) is 2.52. The standard InChI is InChI=1S/C14H15NO3S/c1-18-14(17)5-6-19-13(10-16)8-11-3-2-4-12(7-11)9-15/h2-4,7,10,13H,5-6,8H2,1H3. The van der Waals surface area contributed by atoms with Crippen molar-refractivity contribution in [1.82, 2.24) is 0 Å². The summed E-state index contributed by atoms with van der Waals surface area (Å²) in [5.41, 5.74) is 1.53.